The Balaban J connectivity index is 2.42. The van der Waals surface area contributed by atoms with Crippen LogP contribution in [0.2, 0.25) is 5.02 Å². The van der Waals surface area contributed by atoms with Crippen molar-refractivity contribution in [2.45, 2.75) is 13.0 Å². The summed E-state index contributed by atoms with van der Waals surface area (Å²) >= 11 is 5.70. The molecule has 0 amide bonds. The van der Waals surface area contributed by atoms with Gasteiger partial charge in [-0.25, -0.2) is 8.78 Å². The van der Waals surface area contributed by atoms with Crippen LogP contribution in [0.25, 0.3) is 0 Å². The maximum absolute atomic E-state index is 14.0. The minimum atomic E-state index is -0.503. The van der Waals surface area contributed by atoms with Gasteiger partial charge in [0.05, 0.1) is 16.8 Å². The number of rotatable bonds is 5. The lowest BCUT2D eigenvalue weighted by Gasteiger charge is -2.32. The molecule has 0 aliphatic carbocycles. The van der Waals surface area contributed by atoms with E-state index in [4.69, 9.17) is 17.3 Å². The molecule has 21 heavy (non-hydrogen) atoms. The van der Waals surface area contributed by atoms with Gasteiger partial charge in [-0.3, -0.25) is 0 Å². The van der Waals surface area contributed by atoms with E-state index in [1.54, 1.807) is 24.3 Å². The number of nitrogens with two attached hydrogens (primary N) is 1. The molecule has 1 atom stereocenters. The summed E-state index contributed by atoms with van der Waals surface area (Å²) in [5.41, 5.74) is 6.96. The molecule has 2 aromatic rings. The Kier molecular flexibility index (Phi) is 5.15. The summed E-state index contributed by atoms with van der Waals surface area (Å²) in [7, 11) is 0. The topological polar surface area (TPSA) is 29.3 Å². The van der Waals surface area contributed by atoms with Gasteiger partial charge < -0.3 is 10.6 Å². The summed E-state index contributed by atoms with van der Waals surface area (Å²) in [5.74, 6) is -0.829. The number of likely N-dealkylation sites (N-methyl/N-ethyl adjacent to an activating group) is 1. The molecule has 0 aliphatic rings. The van der Waals surface area contributed by atoms with Gasteiger partial charge in [0.15, 0.2) is 0 Å². The Morgan fingerprint density at radius 3 is 2.43 bits per heavy atom. The fourth-order valence-corrected chi connectivity index (χ4v) is 2.52. The molecular formula is C16H17ClF2N2. The van der Waals surface area contributed by atoms with E-state index >= 15 is 0 Å². The van der Waals surface area contributed by atoms with Gasteiger partial charge in [0, 0.05) is 13.1 Å². The maximum Gasteiger partial charge on any atom is 0.146 e. The van der Waals surface area contributed by atoms with E-state index in [0.29, 0.717) is 17.8 Å². The van der Waals surface area contributed by atoms with Crippen LogP contribution in [0.1, 0.15) is 18.5 Å². The van der Waals surface area contributed by atoms with Crippen molar-refractivity contribution >= 4 is 17.3 Å². The van der Waals surface area contributed by atoms with Crippen molar-refractivity contribution in [2.75, 3.05) is 18.0 Å². The highest BCUT2D eigenvalue weighted by Crippen LogP contribution is 2.30. The Bertz CT molecular complexity index is 619. The van der Waals surface area contributed by atoms with Crippen molar-refractivity contribution in [3.8, 4) is 0 Å². The zero-order valence-corrected chi connectivity index (χ0v) is 12.4. The monoisotopic (exact) mass is 310 g/mol. The molecule has 0 fully saturated rings. The summed E-state index contributed by atoms with van der Waals surface area (Å²) in [6.45, 7) is 2.69. The quantitative estimate of drug-likeness (QED) is 0.899. The van der Waals surface area contributed by atoms with Crippen LogP contribution in [0.4, 0.5) is 14.5 Å². The highest BCUT2D eigenvalue weighted by Gasteiger charge is 2.21. The van der Waals surface area contributed by atoms with E-state index in [9.17, 15) is 8.78 Å². The second-order valence-corrected chi connectivity index (χ2v) is 5.07. The Morgan fingerprint density at radius 2 is 1.86 bits per heavy atom. The molecule has 112 valence electrons. The predicted octanol–water partition coefficient (Wildman–Crippen LogP) is 4.14. The average Bonchev–Trinajstić information content (AvgIpc) is 2.49. The van der Waals surface area contributed by atoms with E-state index in [2.05, 4.69) is 0 Å². The van der Waals surface area contributed by atoms with E-state index < -0.39 is 5.82 Å². The van der Waals surface area contributed by atoms with Crippen molar-refractivity contribution < 1.29 is 8.78 Å². The Labute approximate surface area is 128 Å². The fraction of sp³-hybridized carbons (Fsp3) is 0.250. The smallest absolute Gasteiger partial charge is 0.146 e. The molecule has 2 nitrogen and oxygen atoms in total. The molecular weight excluding hydrogens is 294 g/mol. The molecule has 0 saturated carbocycles. The summed E-state index contributed by atoms with van der Waals surface area (Å²) in [6, 6.07) is 10.7. The van der Waals surface area contributed by atoms with Gasteiger partial charge in [-0.15, -0.1) is 0 Å². The van der Waals surface area contributed by atoms with Crippen LogP contribution in [-0.4, -0.2) is 13.1 Å². The number of halogens is 3. The summed E-state index contributed by atoms with van der Waals surface area (Å²) in [6.07, 6.45) is 0. The number of nitrogens with zero attached hydrogens (tertiary/aromatic N) is 1. The SMILES string of the molecule is CCN(c1ccccc1F)C(CN)c1ccc(Cl)c(F)c1. The largest absolute Gasteiger partial charge is 0.361 e. The third-order valence-corrected chi connectivity index (χ3v) is 3.74. The highest BCUT2D eigenvalue weighted by atomic mass is 35.5. The molecule has 0 saturated heterocycles. The van der Waals surface area contributed by atoms with Crippen LogP contribution in [0.3, 0.4) is 0 Å². The van der Waals surface area contributed by atoms with Gasteiger partial charge in [-0.1, -0.05) is 29.8 Å². The first-order chi connectivity index (χ1) is 10.1. The van der Waals surface area contributed by atoms with Crippen molar-refractivity contribution in [3.05, 3.63) is 64.7 Å². The van der Waals surface area contributed by atoms with E-state index in [0.717, 1.165) is 0 Å². The zero-order valence-electron chi connectivity index (χ0n) is 11.7. The normalized spacial score (nSPS) is 12.2. The molecule has 5 heteroatoms. The van der Waals surface area contributed by atoms with Crippen molar-refractivity contribution in [3.63, 3.8) is 0 Å². The number of hydrogen-bond donors (Lipinski definition) is 1. The van der Waals surface area contributed by atoms with Crippen LogP contribution >= 0.6 is 11.6 Å². The lowest BCUT2D eigenvalue weighted by atomic mass is 10.0. The highest BCUT2D eigenvalue weighted by molar-refractivity contribution is 6.30. The van der Waals surface area contributed by atoms with Gasteiger partial charge in [0.25, 0.3) is 0 Å². The van der Waals surface area contributed by atoms with E-state index in [1.165, 1.54) is 18.2 Å². The number of benzene rings is 2. The van der Waals surface area contributed by atoms with Gasteiger partial charge in [0.1, 0.15) is 11.6 Å². The van der Waals surface area contributed by atoms with Crippen molar-refractivity contribution in [1.29, 1.82) is 0 Å². The second kappa shape index (κ2) is 6.87. The maximum atomic E-state index is 14.0. The minimum Gasteiger partial charge on any atom is -0.361 e. The lowest BCUT2D eigenvalue weighted by Crippen LogP contribution is -2.34. The van der Waals surface area contributed by atoms with E-state index in [-0.39, 0.29) is 23.4 Å². The van der Waals surface area contributed by atoms with Crippen LogP contribution in [-0.2, 0) is 0 Å². The van der Waals surface area contributed by atoms with Gasteiger partial charge in [-0.05, 0) is 36.8 Å². The second-order valence-electron chi connectivity index (χ2n) is 4.66. The molecule has 0 heterocycles. The first kappa shape index (κ1) is 15.7. The van der Waals surface area contributed by atoms with Crippen molar-refractivity contribution in [2.24, 2.45) is 5.73 Å². The van der Waals surface area contributed by atoms with Crippen LogP contribution in [0.5, 0.6) is 0 Å². The van der Waals surface area contributed by atoms with Crippen molar-refractivity contribution in [1.82, 2.24) is 0 Å². The molecule has 0 bridgehead atoms. The number of hydrogen-bond acceptors (Lipinski definition) is 2. The average molecular weight is 311 g/mol. The molecule has 0 aromatic heterocycles. The first-order valence-corrected chi connectivity index (χ1v) is 7.12. The third kappa shape index (κ3) is 3.34. The lowest BCUT2D eigenvalue weighted by molar-refractivity contribution is 0.582. The molecule has 2 rings (SSSR count). The number of para-hydroxylation sites is 1. The molecule has 0 radical (unpaired) electrons. The van der Waals surface area contributed by atoms with Crippen LogP contribution in [0.15, 0.2) is 42.5 Å². The van der Waals surface area contributed by atoms with Gasteiger partial charge in [-0.2, -0.15) is 0 Å². The standard InChI is InChI=1S/C16H17ClF2N2/c1-2-21(15-6-4-3-5-13(15)18)16(10-20)11-7-8-12(17)14(19)9-11/h3-9,16H,2,10,20H2,1H3. The minimum absolute atomic E-state index is 0.0588. The molecule has 0 spiro atoms. The number of anilines is 1. The molecule has 1 unspecified atom stereocenters. The zero-order chi connectivity index (χ0) is 15.4. The molecule has 2 aromatic carbocycles. The Morgan fingerprint density at radius 1 is 1.14 bits per heavy atom. The fourth-order valence-electron chi connectivity index (χ4n) is 2.41. The summed E-state index contributed by atoms with van der Waals surface area (Å²) in [5, 5.41) is 0.0588. The molecule has 2 N–H and O–H groups in total. The van der Waals surface area contributed by atoms with Gasteiger partial charge in [0.2, 0.25) is 0 Å². The Hall–Kier alpha value is -1.65. The van der Waals surface area contributed by atoms with Crippen LogP contribution in [0, 0.1) is 11.6 Å². The van der Waals surface area contributed by atoms with E-state index in [1.807, 2.05) is 11.8 Å². The van der Waals surface area contributed by atoms with Crippen LogP contribution < -0.4 is 10.6 Å². The summed E-state index contributed by atoms with van der Waals surface area (Å²) in [4.78, 5) is 1.82. The molecule has 0 aliphatic heterocycles. The first-order valence-electron chi connectivity index (χ1n) is 6.74. The van der Waals surface area contributed by atoms with Gasteiger partial charge >= 0.3 is 0 Å². The predicted molar refractivity (Wildman–Crippen MR) is 82.6 cm³/mol. The summed E-state index contributed by atoms with van der Waals surface area (Å²) < 4.78 is 27.7. The third-order valence-electron chi connectivity index (χ3n) is 3.43.